The molecule has 1 rings (SSSR count). The molecule has 1 aromatic carbocycles. The standard InChI is InChI=1S/C24H38N2/c25-26-23-19-14-12-10-8-6-4-2-1-3-5-7-9-11-13-16-20-24-21-17-15-18-22-24/h1-2,15,17-18,21-23H,3-14,16,19-20H2. The lowest BCUT2D eigenvalue weighted by Crippen LogP contribution is -1.85. The summed E-state index contributed by atoms with van der Waals surface area (Å²) in [5.74, 6) is 0. The number of aryl methyl sites for hydroxylation is 1. The number of unbranched alkanes of at least 4 members (excludes halogenated alkanes) is 12. The second kappa shape index (κ2) is 18.1. The van der Waals surface area contributed by atoms with Crippen LogP contribution in [0.3, 0.4) is 0 Å². The lowest BCUT2D eigenvalue weighted by molar-refractivity contribution is 0.000733. The van der Waals surface area contributed by atoms with Crippen molar-refractivity contribution in [3.05, 3.63) is 53.6 Å². The number of benzene rings is 1. The summed E-state index contributed by atoms with van der Waals surface area (Å²) >= 11 is 0. The first kappa shape index (κ1) is 22.4. The summed E-state index contributed by atoms with van der Waals surface area (Å²) in [6, 6.07) is 10.8. The highest BCUT2D eigenvalue weighted by Crippen LogP contribution is 2.11. The third-order valence-corrected chi connectivity index (χ3v) is 4.88. The van der Waals surface area contributed by atoms with E-state index in [4.69, 9.17) is 5.53 Å². The van der Waals surface area contributed by atoms with Gasteiger partial charge in [0, 0.05) is 6.42 Å². The van der Waals surface area contributed by atoms with E-state index in [1.807, 2.05) is 0 Å². The van der Waals surface area contributed by atoms with Crippen molar-refractivity contribution < 1.29 is 4.79 Å². The Kier molecular flexibility index (Phi) is 15.6. The van der Waals surface area contributed by atoms with Crippen molar-refractivity contribution in [1.82, 2.24) is 0 Å². The molecule has 0 N–H and O–H groups in total. The third-order valence-electron chi connectivity index (χ3n) is 4.88. The molecule has 2 nitrogen and oxygen atoms in total. The summed E-state index contributed by atoms with van der Waals surface area (Å²) in [5, 5.41) is 0. The first-order chi connectivity index (χ1) is 12.9. The Bertz CT molecular complexity index is 486. The molecule has 2 heteroatoms. The fourth-order valence-corrected chi connectivity index (χ4v) is 3.26. The van der Waals surface area contributed by atoms with Crippen LogP contribution in [0.2, 0.25) is 0 Å². The quantitative estimate of drug-likeness (QED) is 0.0910. The Morgan fingerprint density at radius 3 is 1.69 bits per heavy atom. The van der Waals surface area contributed by atoms with E-state index in [9.17, 15) is 0 Å². The molecular formula is C24H38N2. The lowest BCUT2D eigenvalue weighted by Gasteiger charge is -2.02. The predicted octanol–water partition coefficient (Wildman–Crippen LogP) is 7.55. The van der Waals surface area contributed by atoms with Crippen LogP contribution in [0.4, 0.5) is 0 Å². The Morgan fingerprint density at radius 1 is 0.615 bits per heavy atom. The maximum absolute atomic E-state index is 8.29. The molecule has 0 bridgehead atoms. The monoisotopic (exact) mass is 354 g/mol. The van der Waals surface area contributed by atoms with Crippen LogP contribution in [0.5, 0.6) is 0 Å². The SMILES string of the molecule is [N-]=[N+]=CCCCCCCCC=CCCCCCCCCc1ccccc1. The smallest absolute Gasteiger partial charge is 0.257 e. The molecule has 0 aromatic heterocycles. The topological polar surface area (TPSA) is 36.4 Å². The molecule has 0 spiro atoms. The van der Waals surface area contributed by atoms with Gasteiger partial charge in [0.15, 0.2) is 0 Å². The van der Waals surface area contributed by atoms with Crippen LogP contribution in [0, 0.1) is 0 Å². The maximum Gasteiger partial charge on any atom is 0.257 e. The molecule has 0 aliphatic rings. The molecule has 0 unspecified atom stereocenters. The summed E-state index contributed by atoms with van der Waals surface area (Å²) in [6.45, 7) is 0. The molecule has 0 aliphatic carbocycles. The van der Waals surface area contributed by atoms with Gasteiger partial charge in [-0.15, -0.1) is 0 Å². The fourth-order valence-electron chi connectivity index (χ4n) is 3.26. The van der Waals surface area contributed by atoms with Crippen LogP contribution in [-0.2, 0) is 6.42 Å². The van der Waals surface area contributed by atoms with Crippen molar-refractivity contribution in [2.24, 2.45) is 0 Å². The summed E-state index contributed by atoms with van der Waals surface area (Å²) in [5.41, 5.74) is 9.77. The molecule has 1 aromatic rings. The molecule has 0 saturated carbocycles. The lowest BCUT2D eigenvalue weighted by atomic mass is 10.0. The summed E-state index contributed by atoms with van der Waals surface area (Å²) < 4.78 is 0. The van der Waals surface area contributed by atoms with E-state index < -0.39 is 0 Å². The zero-order chi connectivity index (χ0) is 18.5. The molecule has 0 saturated heterocycles. The molecule has 0 aliphatic heterocycles. The Hall–Kier alpha value is -1.66. The van der Waals surface area contributed by atoms with Crippen LogP contribution >= 0.6 is 0 Å². The normalized spacial score (nSPS) is 10.9. The van der Waals surface area contributed by atoms with Gasteiger partial charge in [0.25, 0.3) is 6.21 Å². The second-order valence-electron chi connectivity index (χ2n) is 7.26. The highest BCUT2D eigenvalue weighted by atomic mass is 14.8. The third kappa shape index (κ3) is 14.7. The van der Waals surface area contributed by atoms with E-state index in [-0.39, 0.29) is 0 Å². The van der Waals surface area contributed by atoms with Crippen LogP contribution in [0.25, 0.3) is 5.53 Å². The van der Waals surface area contributed by atoms with Crippen LogP contribution in [0.1, 0.15) is 95.5 Å². The molecule has 0 atom stereocenters. The number of hydrogen-bond donors (Lipinski definition) is 0. The molecule has 26 heavy (non-hydrogen) atoms. The van der Waals surface area contributed by atoms with Gasteiger partial charge in [-0.25, -0.2) is 0 Å². The van der Waals surface area contributed by atoms with Crippen molar-refractivity contribution in [1.29, 1.82) is 0 Å². The van der Waals surface area contributed by atoms with Gasteiger partial charge in [-0.3, -0.25) is 0 Å². The number of rotatable bonds is 17. The molecule has 0 fully saturated rings. The summed E-state index contributed by atoms with van der Waals surface area (Å²) in [6.07, 6.45) is 25.5. The van der Waals surface area contributed by atoms with Gasteiger partial charge in [-0.05, 0) is 50.5 Å². The van der Waals surface area contributed by atoms with Crippen LogP contribution in [-0.4, -0.2) is 11.0 Å². The molecule has 0 radical (unpaired) electrons. The zero-order valence-electron chi connectivity index (χ0n) is 16.6. The van der Waals surface area contributed by atoms with Gasteiger partial charge in [-0.2, -0.15) is 4.79 Å². The van der Waals surface area contributed by atoms with Crippen molar-refractivity contribution in [2.75, 3.05) is 0 Å². The zero-order valence-corrected chi connectivity index (χ0v) is 16.6. The largest absolute Gasteiger partial charge is 0.362 e. The van der Waals surface area contributed by atoms with Gasteiger partial charge < -0.3 is 5.53 Å². The highest BCUT2D eigenvalue weighted by molar-refractivity contribution is 5.49. The van der Waals surface area contributed by atoms with Gasteiger partial charge in [0.2, 0.25) is 0 Å². The first-order valence-electron chi connectivity index (χ1n) is 10.8. The fraction of sp³-hybridized carbons (Fsp3) is 0.625. The highest BCUT2D eigenvalue weighted by Gasteiger charge is 1.94. The maximum atomic E-state index is 8.29. The first-order valence-corrected chi connectivity index (χ1v) is 10.8. The molecule has 0 heterocycles. The van der Waals surface area contributed by atoms with Gasteiger partial charge in [-0.1, -0.05) is 87.4 Å². The van der Waals surface area contributed by atoms with Crippen LogP contribution < -0.4 is 0 Å². The average molecular weight is 355 g/mol. The van der Waals surface area contributed by atoms with E-state index in [2.05, 4.69) is 47.3 Å². The average Bonchev–Trinajstić information content (AvgIpc) is 2.68. The molecule has 144 valence electrons. The van der Waals surface area contributed by atoms with E-state index in [1.165, 1.54) is 89.0 Å². The summed E-state index contributed by atoms with van der Waals surface area (Å²) in [4.78, 5) is 3.02. The Morgan fingerprint density at radius 2 is 1.12 bits per heavy atom. The predicted molar refractivity (Wildman–Crippen MR) is 114 cm³/mol. The van der Waals surface area contributed by atoms with Gasteiger partial charge >= 0.3 is 0 Å². The summed E-state index contributed by atoms with van der Waals surface area (Å²) in [7, 11) is 0. The minimum atomic E-state index is 0.906. The molecular weight excluding hydrogens is 316 g/mol. The Balaban J connectivity index is 1.76. The van der Waals surface area contributed by atoms with Crippen molar-refractivity contribution in [3.8, 4) is 0 Å². The number of hydrogen-bond acceptors (Lipinski definition) is 0. The molecule has 0 amide bonds. The number of nitrogens with zero attached hydrogens (tertiary/aromatic N) is 2. The number of allylic oxidation sites excluding steroid dienone is 2. The van der Waals surface area contributed by atoms with Crippen molar-refractivity contribution >= 4 is 6.21 Å². The van der Waals surface area contributed by atoms with E-state index in [0.29, 0.717) is 0 Å². The van der Waals surface area contributed by atoms with E-state index in [1.54, 1.807) is 6.21 Å². The van der Waals surface area contributed by atoms with E-state index >= 15 is 0 Å². The second-order valence-corrected chi connectivity index (χ2v) is 7.26. The minimum Gasteiger partial charge on any atom is -0.362 e. The van der Waals surface area contributed by atoms with Crippen molar-refractivity contribution in [2.45, 2.75) is 96.3 Å². The van der Waals surface area contributed by atoms with Gasteiger partial charge in [0.05, 0.1) is 0 Å². The van der Waals surface area contributed by atoms with Crippen LogP contribution in [0.15, 0.2) is 42.5 Å². The Labute approximate surface area is 161 Å². The van der Waals surface area contributed by atoms with Gasteiger partial charge in [0.1, 0.15) is 0 Å². The minimum absolute atomic E-state index is 0.906. The van der Waals surface area contributed by atoms with E-state index in [0.717, 1.165) is 12.8 Å². The van der Waals surface area contributed by atoms with Crippen molar-refractivity contribution in [3.63, 3.8) is 0 Å².